The maximum Gasteiger partial charge on any atom is 0.434 e. The highest BCUT2D eigenvalue weighted by Crippen LogP contribution is 2.33. The van der Waals surface area contributed by atoms with E-state index in [2.05, 4.69) is 10.2 Å². The quantitative estimate of drug-likeness (QED) is 0.240. The molecule has 0 bridgehead atoms. The van der Waals surface area contributed by atoms with Gasteiger partial charge in [0.05, 0.1) is 28.7 Å². The zero-order valence-electron chi connectivity index (χ0n) is 15.7. The number of hydrazone groups is 1. The van der Waals surface area contributed by atoms with Gasteiger partial charge in [0.1, 0.15) is 5.71 Å². The van der Waals surface area contributed by atoms with Crippen LogP contribution in [0, 0.1) is 0 Å². The van der Waals surface area contributed by atoms with Crippen LogP contribution in [0.5, 0.6) is 0 Å². The number of halogens is 6. The van der Waals surface area contributed by atoms with Gasteiger partial charge in [0.15, 0.2) is 11.5 Å². The van der Waals surface area contributed by atoms with Crippen molar-refractivity contribution < 1.29 is 35.9 Å². The summed E-state index contributed by atoms with van der Waals surface area (Å²) in [5.41, 5.74) is -2.73. The molecule has 1 N–H and O–H groups in total. The fourth-order valence-electron chi connectivity index (χ4n) is 2.61. The average Bonchev–Trinajstić information content (AvgIpc) is 3.40. The summed E-state index contributed by atoms with van der Waals surface area (Å²) in [4.78, 5) is 24.3. The van der Waals surface area contributed by atoms with E-state index in [0.717, 1.165) is 11.3 Å². The molecule has 168 valence electrons. The second-order valence-corrected chi connectivity index (χ2v) is 7.17. The third kappa shape index (κ3) is 5.22. The van der Waals surface area contributed by atoms with Crippen molar-refractivity contribution in [1.29, 1.82) is 0 Å². The normalized spacial score (nSPS) is 12.6. The van der Waals surface area contributed by atoms with Gasteiger partial charge in [-0.05, 0) is 23.6 Å². The molecular formula is C19H12F6N4O2S. The minimum absolute atomic E-state index is 0.0140. The predicted molar refractivity (Wildman–Crippen MR) is 103 cm³/mol. The number of hydrogen-bond donors (Lipinski definition) is 1. The van der Waals surface area contributed by atoms with E-state index in [4.69, 9.17) is 0 Å². The summed E-state index contributed by atoms with van der Waals surface area (Å²) in [6.45, 7) is 0. The highest BCUT2D eigenvalue weighted by molar-refractivity contribution is 7.12. The molecule has 3 rings (SSSR count). The van der Waals surface area contributed by atoms with Gasteiger partial charge in [-0.2, -0.15) is 36.5 Å². The average molecular weight is 474 g/mol. The lowest BCUT2D eigenvalue weighted by Gasteiger charge is -2.13. The Morgan fingerprint density at radius 1 is 1.03 bits per heavy atom. The molecule has 0 aliphatic carbocycles. The summed E-state index contributed by atoms with van der Waals surface area (Å²) in [7, 11) is 0. The van der Waals surface area contributed by atoms with Gasteiger partial charge in [0, 0.05) is 0 Å². The van der Waals surface area contributed by atoms with E-state index in [-0.39, 0.29) is 10.6 Å². The highest BCUT2D eigenvalue weighted by atomic mass is 32.1. The summed E-state index contributed by atoms with van der Waals surface area (Å²) in [5, 5.41) is 7.93. The van der Waals surface area contributed by atoms with Crippen LogP contribution >= 0.6 is 11.3 Å². The fraction of sp³-hybridized carbons (Fsp3) is 0.158. The number of amides is 1. The van der Waals surface area contributed by atoms with Crippen LogP contribution in [-0.4, -0.2) is 33.4 Å². The molecule has 0 aliphatic rings. The second kappa shape index (κ2) is 8.94. The van der Waals surface area contributed by atoms with Crippen molar-refractivity contribution in [2.75, 3.05) is 0 Å². The first-order valence-electron chi connectivity index (χ1n) is 8.70. The van der Waals surface area contributed by atoms with E-state index in [1.54, 1.807) is 6.07 Å². The Hall–Kier alpha value is -3.48. The number of rotatable bonds is 6. The molecule has 0 atom stereocenters. The predicted octanol–water partition coefficient (Wildman–Crippen LogP) is 4.87. The van der Waals surface area contributed by atoms with Gasteiger partial charge in [-0.15, -0.1) is 11.3 Å². The maximum atomic E-state index is 13.6. The first-order chi connectivity index (χ1) is 15.0. The summed E-state index contributed by atoms with van der Waals surface area (Å²) >= 11 is 0.915. The topological polar surface area (TPSA) is 76.3 Å². The molecule has 1 aromatic carbocycles. The van der Waals surface area contributed by atoms with E-state index in [0.29, 0.717) is 10.9 Å². The van der Waals surface area contributed by atoms with Gasteiger partial charge in [-0.3, -0.25) is 9.59 Å². The van der Waals surface area contributed by atoms with Crippen LogP contribution in [0.25, 0.3) is 5.69 Å². The van der Waals surface area contributed by atoms with Crippen molar-refractivity contribution in [3.8, 4) is 5.69 Å². The molecule has 0 aliphatic heterocycles. The largest absolute Gasteiger partial charge is 0.434 e. The molecule has 2 heterocycles. The lowest BCUT2D eigenvalue weighted by Crippen LogP contribution is -2.31. The van der Waals surface area contributed by atoms with Crippen molar-refractivity contribution >= 4 is 28.7 Å². The van der Waals surface area contributed by atoms with Crippen LogP contribution in [0.3, 0.4) is 0 Å². The number of carbonyl (C=O) groups excluding carboxylic acids is 2. The summed E-state index contributed by atoms with van der Waals surface area (Å²) in [6, 6.07) is 9.84. The zero-order chi connectivity index (χ0) is 23.5. The number of ketones is 1. The number of Topliss-reactive ketones (excluding diaryl/α,β-unsaturated/α-hetero) is 1. The standard InChI is InChI=1S/C19H12F6N4O2S/c20-18(21,22)15(9-13(30)14-7-4-8-32-14)27-28-17(31)12-10-26-29(16(12)19(23,24)25)11-5-2-1-3-6-11/h1-8,10H,9H2,(H,28,31). The van der Waals surface area contributed by atoms with Crippen molar-refractivity contribution in [2.24, 2.45) is 5.10 Å². The van der Waals surface area contributed by atoms with E-state index in [9.17, 15) is 35.9 Å². The van der Waals surface area contributed by atoms with Crippen LogP contribution in [0.1, 0.15) is 32.1 Å². The Morgan fingerprint density at radius 2 is 1.72 bits per heavy atom. The zero-order valence-corrected chi connectivity index (χ0v) is 16.6. The Morgan fingerprint density at radius 3 is 2.28 bits per heavy atom. The van der Waals surface area contributed by atoms with Gasteiger partial charge in [0.2, 0.25) is 0 Å². The minimum atomic E-state index is -5.10. The van der Waals surface area contributed by atoms with Crippen LogP contribution in [-0.2, 0) is 6.18 Å². The lowest BCUT2D eigenvalue weighted by atomic mass is 10.1. The van der Waals surface area contributed by atoms with Crippen molar-refractivity contribution in [3.63, 3.8) is 0 Å². The van der Waals surface area contributed by atoms with Gasteiger partial charge in [0.25, 0.3) is 5.91 Å². The Labute approximate surface area is 180 Å². The van der Waals surface area contributed by atoms with Gasteiger partial charge in [-0.1, -0.05) is 24.3 Å². The lowest BCUT2D eigenvalue weighted by molar-refractivity contribution is -0.143. The number of aromatic nitrogens is 2. The molecule has 0 saturated heterocycles. The first-order valence-corrected chi connectivity index (χ1v) is 9.58. The molecule has 2 aromatic heterocycles. The van der Waals surface area contributed by atoms with Crippen LogP contribution in [0.15, 0.2) is 59.1 Å². The molecule has 0 radical (unpaired) electrons. The summed E-state index contributed by atoms with van der Waals surface area (Å²) < 4.78 is 81.0. The number of benzene rings is 1. The molecule has 0 saturated carbocycles. The second-order valence-electron chi connectivity index (χ2n) is 6.23. The Kier molecular flexibility index (Phi) is 6.48. The van der Waals surface area contributed by atoms with Crippen LogP contribution in [0.2, 0.25) is 0 Å². The number of nitrogens with one attached hydrogen (secondary N) is 1. The number of para-hydroxylation sites is 1. The Bertz CT molecular complexity index is 1140. The van der Waals surface area contributed by atoms with E-state index >= 15 is 0 Å². The van der Waals surface area contributed by atoms with Gasteiger partial charge < -0.3 is 0 Å². The molecule has 0 spiro atoms. The minimum Gasteiger partial charge on any atom is -0.293 e. The third-order valence-corrected chi connectivity index (χ3v) is 4.94. The summed E-state index contributed by atoms with van der Waals surface area (Å²) in [6.07, 6.45) is -10.8. The molecule has 32 heavy (non-hydrogen) atoms. The number of nitrogens with zero attached hydrogens (tertiary/aromatic N) is 3. The molecule has 0 fully saturated rings. The molecule has 3 aromatic rings. The molecule has 13 heteroatoms. The highest BCUT2D eigenvalue weighted by Gasteiger charge is 2.41. The van der Waals surface area contributed by atoms with Crippen molar-refractivity contribution in [2.45, 2.75) is 18.8 Å². The number of thiophene rings is 1. The van der Waals surface area contributed by atoms with E-state index < -0.39 is 47.4 Å². The third-order valence-electron chi connectivity index (χ3n) is 4.03. The van der Waals surface area contributed by atoms with Crippen LogP contribution < -0.4 is 5.43 Å². The Balaban J connectivity index is 1.90. The fourth-order valence-corrected chi connectivity index (χ4v) is 3.27. The SMILES string of the molecule is O=C(CC(=NNC(=O)c1cnn(-c2ccccc2)c1C(F)(F)F)C(F)(F)F)c1cccs1. The van der Waals surface area contributed by atoms with Crippen molar-refractivity contribution in [1.82, 2.24) is 15.2 Å². The smallest absolute Gasteiger partial charge is 0.293 e. The number of carbonyl (C=O) groups is 2. The van der Waals surface area contributed by atoms with Gasteiger partial charge in [-0.25, -0.2) is 10.1 Å². The first kappa shape index (κ1) is 23.2. The monoisotopic (exact) mass is 474 g/mol. The number of alkyl halides is 6. The van der Waals surface area contributed by atoms with E-state index in [1.165, 1.54) is 47.2 Å². The molecule has 1 amide bonds. The number of hydrogen-bond acceptors (Lipinski definition) is 5. The maximum absolute atomic E-state index is 13.6. The summed E-state index contributed by atoms with van der Waals surface area (Å²) in [5.74, 6) is -2.47. The molecule has 0 unspecified atom stereocenters. The van der Waals surface area contributed by atoms with Crippen molar-refractivity contribution in [3.05, 3.63) is 70.2 Å². The van der Waals surface area contributed by atoms with E-state index in [1.807, 2.05) is 0 Å². The van der Waals surface area contributed by atoms with Gasteiger partial charge >= 0.3 is 12.4 Å². The molecular weight excluding hydrogens is 462 g/mol. The van der Waals surface area contributed by atoms with Crippen LogP contribution in [0.4, 0.5) is 26.3 Å². The molecule has 6 nitrogen and oxygen atoms in total.